The Kier molecular flexibility index (Phi) is 2.76. The van der Waals surface area contributed by atoms with E-state index in [1.54, 1.807) is 0 Å². The summed E-state index contributed by atoms with van der Waals surface area (Å²) in [5, 5.41) is 10.2. The van der Waals surface area contributed by atoms with Crippen LogP contribution in [0.5, 0.6) is 0 Å². The monoisotopic (exact) mass is 173 g/mol. The van der Waals surface area contributed by atoms with Crippen LogP contribution in [0, 0.1) is 5.41 Å². The van der Waals surface area contributed by atoms with Crippen LogP contribution in [0.2, 0.25) is 0 Å². The molecule has 0 radical (unpaired) electrons. The molecule has 0 aromatic rings. The molecule has 3 N–H and O–H groups in total. The molecule has 1 unspecified atom stereocenters. The molecule has 0 aliphatic carbocycles. The molecule has 0 aromatic carbocycles. The number of aliphatic hydroxyl groups is 1. The van der Waals surface area contributed by atoms with E-state index in [1.165, 1.54) is 0 Å². The number of rotatable bonds is 2. The van der Waals surface area contributed by atoms with Crippen LogP contribution in [-0.2, 0) is 4.74 Å². The molecular formula is C9H19NO2. The van der Waals surface area contributed by atoms with Gasteiger partial charge < -0.3 is 15.6 Å². The van der Waals surface area contributed by atoms with Crippen molar-refractivity contribution in [3.05, 3.63) is 0 Å². The third kappa shape index (κ3) is 1.63. The van der Waals surface area contributed by atoms with Crippen molar-refractivity contribution in [3.63, 3.8) is 0 Å². The van der Waals surface area contributed by atoms with Gasteiger partial charge in [-0.3, -0.25) is 0 Å². The maximum atomic E-state index is 10.2. The third-order valence-corrected chi connectivity index (χ3v) is 2.99. The van der Waals surface area contributed by atoms with Crippen molar-refractivity contribution < 1.29 is 9.84 Å². The SMILES string of the molecule is CC(C)(CN)C1(O)CCCOC1. The van der Waals surface area contributed by atoms with Crippen LogP contribution in [0.1, 0.15) is 26.7 Å². The lowest BCUT2D eigenvalue weighted by Gasteiger charge is -2.44. The van der Waals surface area contributed by atoms with Crippen molar-refractivity contribution in [3.8, 4) is 0 Å². The van der Waals surface area contributed by atoms with Gasteiger partial charge in [0.2, 0.25) is 0 Å². The highest BCUT2D eigenvalue weighted by Gasteiger charge is 2.43. The highest BCUT2D eigenvalue weighted by Crippen LogP contribution is 2.36. The smallest absolute Gasteiger partial charge is 0.0943 e. The zero-order chi connectivity index (χ0) is 9.24. The summed E-state index contributed by atoms with van der Waals surface area (Å²) >= 11 is 0. The summed E-state index contributed by atoms with van der Waals surface area (Å²) in [6.45, 7) is 5.66. The summed E-state index contributed by atoms with van der Waals surface area (Å²) in [5.41, 5.74) is 4.64. The molecule has 1 atom stereocenters. The van der Waals surface area contributed by atoms with Crippen LogP contribution in [0.3, 0.4) is 0 Å². The Morgan fingerprint density at radius 3 is 2.67 bits per heavy atom. The molecular weight excluding hydrogens is 154 g/mol. The lowest BCUT2D eigenvalue weighted by molar-refractivity contribution is -0.147. The summed E-state index contributed by atoms with van der Waals surface area (Å²) < 4.78 is 5.27. The van der Waals surface area contributed by atoms with E-state index in [1.807, 2.05) is 13.8 Å². The van der Waals surface area contributed by atoms with Crippen LogP contribution >= 0.6 is 0 Å². The minimum absolute atomic E-state index is 0.243. The summed E-state index contributed by atoms with van der Waals surface area (Å²) in [6, 6.07) is 0. The predicted molar refractivity (Wildman–Crippen MR) is 47.8 cm³/mol. The van der Waals surface area contributed by atoms with Gasteiger partial charge in [-0.2, -0.15) is 0 Å². The van der Waals surface area contributed by atoms with Crippen molar-refractivity contribution in [2.75, 3.05) is 19.8 Å². The van der Waals surface area contributed by atoms with Gasteiger partial charge in [-0.05, 0) is 12.8 Å². The van der Waals surface area contributed by atoms with Gasteiger partial charge in [-0.25, -0.2) is 0 Å². The van der Waals surface area contributed by atoms with E-state index in [2.05, 4.69) is 0 Å². The van der Waals surface area contributed by atoms with Crippen LogP contribution in [-0.4, -0.2) is 30.5 Å². The van der Waals surface area contributed by atoms with Gasteiger partial charge in [0.25, 0.3) is 0 Å². The normalized spacial score (nSPS) is 32.0. The zero-order valence-corrected chi connectivity index (χ0v) is 7.97. The van der Waals surface area contributed by atoms with Crippen molar-refractivity contribution in [1.29, 1.82) is 0 Å². The first-order valence-corrected chi connectivity index (χ1v) is 4.52. The molecule has 72 valence electrons. The molecule has 1 aliphatic heterocycles. The minimum atomic E-state index is -0.722. The van der Waals surface area contributed by atoms with Gasteiger partial charge in [0, 0.05) is 18.6 Å². The van der Waals surface area contributed by atoms with Gasteiger partial charge in [0.1, 0.15) is 0 Å². The van der Waals surface area contributed by atoms with Crippen molar-refractivity contribution in [2.45, 2.75) is 32.3 Å². The highest BCUT2D eigenvalue weighted by molar-refractivity contribution is 4.95. The Hall–Kier alpha value is -0.120. The molecule has 0 spiro atoms. The van der Waals surface area contributed by atoms with E-state index in [0.29, 0.717) is 13.2 Å². The number of nitrogens with two attached hydrogens (primary N) is 1. The summed E-state index contributed by atoms with van der Waals surface area (Å²) in [6.07, 6.45) is 1.73. The highest BCUT2D eigenvalue weighted by atomic mass is 16.5. The van der Waals surface area contributed by atoms with Gasteiger partial charge in [0.05, 0.1) is 12.2 Å². The molecule has 1 saturated heterocycles. The van der Waals surface area contributed by atoms with E-state index in [0.717, 1.165) is 19.4 Å². The van der Waals surface area contributed by atoms with Gasteiger partial charge in [0.15, 0.2) is 0 Å². The van der Waals surface area contributed by atoms with E-state index >= 15 is 0 Å². The molecule has 0 bridgehead atoms. The largest absolute Gasteiger partial charge is 0.387 e. The second kappa shape index (κ2) is 3.32. The minimum Gasteiger partial charge on any atom is -0.387 e. The first-order chi connectivity index (χ1) is 5.52. The lowest BCUT2D eigenvalue weighted by Crippen LogP contribution is -2.54. The Labute approximate surface area is 73.9 Å². The number of hydrogen-bond acceptors (Lipinski definition) is 3. The van der Waals surface area contributed by atoms with Crippen LogP contribution in [0.15, 0.2) is 0 Å². The molecule has 3 heteroatoms. The average Bonchev–Trinajstić information content (AvgIpc) is 2.06. The van der Waals surface area contributed by atoms with E-state index in [9.17, 15) is 5.11 Å². The van der Waals surface area contributed by atoms with Crippen LogP contribution < -0.4 is 5.73 Å². The standard InChI is InChI=1S/C9H19NO2/c1-8(2,6-10)9(11)4-3-5-12-7-9/h11H,3-7,10H2,1-2H3. The molecule has 1 rings (SSSR count). The van der Waals surface area contributed by atoms with Crippen LogP contribution in [0.25, 0.3) is 0 Å². The maximum absolute atomic E-state index is 10.2. The summed E-state index contributed by atoms with van der Waals surface area (Å²) in [5.74, 6) is 0. The Morgan fingerprint density at radius 2 is 2.25 bits per heavy atom. The average molecular weight is 173 g/mol. The second-order valence-electron chi connectivity index (χ2n) is 4.28. The molecule has 0 aromatic heterocycles. The third-order valence-electron chi connectivity index (χ3n) is 2.99. The van der Waals surface area contributed by atoms with E-state index in [4.69, 9.17) is 10.5 Å². The van der Waals surface area contributed by atoms with E-state index in [-0.39, 0.29) is 5.41 Å². The quantitative estimate of drug-likeness (QED) is 0.640. The van der Waals surface area contributed by atoms with Gasteiger partial charge in [-0.1, -0.05) is 13.8 Å². The topological polar surface area (TPSA) is 55.5 Å². The maximum Gasteiger partial charge on any atom is 0.0943 e. The van der Waals surface area contributed by atoms with Crippen LogP contribution in [0.4, 0.5) is 0 Å². The van der Waals surface area contributed by atoms with E-state index < -0.39 is 5.60 Å². The molecule has 3 nitrogen and oxygen atoms in total. The van der Waals surface area contributed by atoms with Gasteiger partial charge >= 0.3 is 0 Å². The molecule has 0 amide bonds. The fourth-order valence-corrected chi connectivity index (χ4v) is 1.50. The summed E-state index contributed by atoms with van der Waals surface area (Å²) in [7, 11) is 0. The Morgan fingerprint density at radius 1 is 1.58 bits per heavy atom. The number of hydrogen-bond donors (Lipinski definition) is 2. The number of ether oxygens (including phenoxy) is 1. The van der Waals surface area contributed by atoms with Gasteiger partial charge in [-0.15, -0.1) is 0 Å². The second-order valence-corrected chi connectivity index (χ2v) is 4.28. The fourth-order valence-electron chi connectivity index (χ4n) is 1.50. The predicted octanol–water partition coefficient (Wildman–Crippen LogP) is 0.513. The molecule has 0 saturated carbocycles. The molecule has 1 aliphatic rings. The zero-order valence-electron chi connectivity index (χ0n) is 7.97. The fraction of sp³-hybridized carbons (Fsp3) is 1.00. The first-order valence-electron chi connectivity index (χ1n) is 4.52. The Balaban J connectivity index is 2.68. The first kappa shape index (κ1) is 9.96. The molecule has 12 heavy (non-hydrogen) atoms. The van der Waals surface area contributed by atoms with Crippen molar-refractivity contribution in [2.24, 2.45) is 11.1 Å². The molecule has 1 heterocycles. The lowest BCUT2D eigenvalue weighted by atomic mass is 9.72. The molecule has 1 fully saturated rings. The summed E-state index contributed by atoms with van der Waals surface area (Å²) in [4.78, 5) is 0. The van der Waals surface area contributed by atoms with Crippen molar-refractivity contribution >= 4 is 0 Å². The Bertz CT molecular complexity index is 151. The van der Waals surface area contributed by atoms with Crippen molar-refractivity contribution in [1.82, 2.24) is 0 Å².